The van der Waals surface area contributed by atoms with E-state index in [-0.39, 0.29) is 11.7 Å². The zero-order valence-electron chi connectivity index (χ0n) is 7.21. The van der Waals surface area contributed by atoms with Gasteiger partial charge < -0.3 is 0 Å². The summed E-state index contributed by atoms with van der Waals surface area (Å²) in [5.74, 6) is -0.193. The van der Waals surface area contributed by atoms with Crippen LogP contribution in [0, 0.1) is 0 Å². The van der Waals surface area contributed by atoms with Crippen LogP contribution in [-0.4, -0.2) is 21.8 Å². The van der Waals surface area contributed by atoms with E-state index >= 15 is 0 Å². The number of allylic oxidation sites excluding steroid dienone is 1. The Bertz CT molecular complexity index is 389. The smallest absolute Gasteiger partial charge is 0.170 e. The van der Waals surface area contributed by atoms with Crippen molar-refractivity contribution < 1.29 is 4.79 Å². The van der Waals surface area contributed by atoms with Gasteiger partial charge >= 0.3 is 0 Å². The van der Waals surface area contributed by atoms with E-state index < -0.39 is 0 Å². The maximum Gasteiger partial charge on any atom is 0.170 e. The van der Waals surface area contributed by atoms with Crippen LogP contribution in [0.4, 0.5) is 0 Å². The molecule has 2 heterocycles. The summed E-state index contributed by atoms with van der Waals surface area (Å²) in [4.78, 5) is 15.3. The molecule has 0 aliphatic carbocycles. The predicted octanol–water partition coefficient (Wildman–Crippen LogP) is 0.671. The van der Waals surface area contributed by atoms with Crippen molar-refractivity contribution in [3.8, 4) is 0 Å². The monoisotopic (exact) mass is 175 g/mol. The fourth-order valence-electron chi connectivity index (χ4n) is 1.28. The number of carbonyl (C=O) groups is 1. The second-order valence-corrected chi connectivity index (χ2v) is 2.94. The lowest BCUT2D eigenvalue weighted by Gasteiger charge is -2.07. The number of rotatable bonds is 1. The Labute approximate surface area is 75.6 Å². The van der Waals surface area contributed by atoms with E-state index in [2.05, 4.69) is 10.1 Å². The molecule has 1 atom stereocenters. The Morgan fingerprint density at radius 1 is 1.54 bits per heavy atom. The molecule has 0 bridgehead atoms. The molecule has 0 saturated carbocycles. The lowest BCUT2D eigenvalue weighted by molar-refractivity contribution is -0.114. The molecule has 4 nitrogen and oxygen atoms in total. The number of aliphatic imine (C=N–C) groups is 1. The molecule has 0 radical (unpaired) electrons. The molecule has 2 rings (SSSR count). The number of hydrogen-bond donors (Lipinski definition) is 0. The Kier molecular flexibility index (Phi) is 1.81. The second kappa shape index (κ2) is 2.97. The molecule has 13 heavy (non-hydrogen) atoms. The molecule has 0 N–H and O–H groups in total. The van der Waals surface area contributed by atoms with Crippen LogP contribution >= 0.6 is 0 Å². The van der Waals surface area contributed by atoms with Crippen LogP contribution in [0.25, 0.3) is 0 Å². The molecule has 1 unspecified atom stereocenters. The van der Waals surface area contributed by atoms with Crippen LogP contribution in [0.15, 0.2) is 29.7 Å². The Morgan fingerprint density at radius 3 is 3.00 bits per heavy atom. The first-order chi connectivity index (χ1) is 6.27. The Morgan fingerprint density at radius 2 is 2.38 bits per heavy atom. The van der Waals surface area contributed by atoms with Crippen LogP contribution in [0.2, 0.25) is 0 Å². The van der Waals surface area contributed by atoms with E-state index in [4.69, 9.17) is 0 Å². The summed E-state index contributed by atoms with van der Waals surface area (Å²) >= 11 is 0. The van der Waals surface area contributed by atoms with Crippen LogP contribution in [0.3, 0.4) is 0 Å². The summed E-state index contributed by atoms with van der Waals surface area (Å²) in [6.07, 6.45) is 8.15. The van der Waals surface area contributed by atoms with Crippen molar-refractivity contribution in [2.24, 2.45) is 12.0 Å². The van der Waals surface area contributed by atoms with E-state index in [1.165, 1.54) is 12.3 Å². The van der Waals surface area contributed by atoms with Gasteiger partial charge in [-0.1, -0.05) is 0 Å². The van der Waals surface area contributed by atoms with Gasteiger partial charge in [0, 0.05) is 37.3 Å². The normalized spacial score (nSPS) is 21.0. The standard InChI is InChI=1S/C9H9N3O/c1-12-6-7(4-11-12)8-5-10-3-2-9(8)13/h2-6,8H,1H3. The molecule has 1 aromatic rings. The van der Waals surface area contributed by atoms with E-state index in [1.807, 2.05) is 13.2 Å². The highest BCUT2D eigenvalue weighted by Gasteiger charge is 2.19. The van der Waals surface area contributed by atoms with Gasteiger partial charge in [0.15, 0.2) is 5.78 Å². The molecule has 4 heteroatoms. The van der Waals surface area contributed by atoms with Crippen LogP contribution in [-0.2, 0) is 11.8 Å². The molecule has 0 aromatic carbocycles. The third-order valence-electron chi connectivity index (χ3n) is 1.95. The Balaban J connectivity index is 2.31. The highest BCUT2D eigenvalue weighted by molar-refractivity contribution is 6.08. The third-order valence-corrected chi connectivity index (χ3v) is 1.95. The highest BCUT2D eigenvalue weighted by atomic mass is 16.1. The van der Waals surface area contributed by atoms with Gasteiger partial charge in [-0.3, -0.25) is 14.5 Å². The number of nitrogens with zero attached hydrogens (tertiary/aromatic N) is 3. The fraction of sp³-hybridized carbons (Fsp3) is 0.222. The molecule has 1 aliphatic rings. The van der Waals surface area contributed by atoms with Gasteiger partial charge in [0.25, 0.3) is 0 Å². The zero-order valence-corrected chi connectivity index (χ0v) is 7.21. The average Bonchev–Trinajstić information content (AvgIpc) is 2.53. The molecule has 0 amide bonds. The summed E-state index contributed by atoms with van der Waals surface area (Å²) in [6.45, 7) is 0. The molecule has 0 spiro atoms. The van der Waals surface area contributed by atoms with Crippen molar-refractivity contribution >= 4 is 12.0 Å². The zero-order chi connectivity index (χ0) is 9.26. The molecule has 1 aromatic heterocycles. The van der Waals surface area contributed by atoms with Gasteiger partial charge in [0.05, 0.1) is 12.1 Å². The van der Waals surface area contributed by atoms with Crippen molar-refractivity contribution in [3.05, 3.63) is 30.2 Å². The molecular formula is C9H9N3O. The summed E-state index contributed by atoms with van der Waals surface area (Å²) < 4.78 is 1.68. The Hall–Kier alpha value is -1.71. The van der Waals surface area contributed by atoms with E-state index in [0.717, 1.165) is 5.56 Å². The van der Waals surface area contributed by atoms with Gasteiger partial charge in [0.1, 0.15) is 0 Å². The average molecular weight is 175 g/mol. The lowest BCUT2D eigenvalue weighted by Crippen LogP contribution is -2.13. The van der Waals surface area contributed by atoms with Crippen LogP contribution < -0.4 is 0 Å². The van der Waals surface area contributed by atoms with Crippen LogP contribution in [0.1, 0.15) is 11.5 Å². The summed E-state index contributed by atoms with van der Waals surface area (Å²) in [5, 5.41) is 4.00. The van der Waals surface area contributed by atoms with E-state index in [1.54, 1.807) is 17.1 Å². The van der Waals surface area contributed by atoms with Gasteiger partial charge in [-0.05, 0) is 0 Å². The number of aromatic nitrogens is 2. The first kappa shape index (κ1) is 7.91. The SMILES string of the molecule is Cn1cc(C2C=NC=CC2=O)cn1. The van der Waals surface area contributed by atoms with Gasteiger partial charge in [-0.2, -0.15) is 5.10 Å². The summed E-state index contributed by atoms with van der Waals surface area (Å²) in [6, 6.07) is 0. The first-order valence-corrected chi connectivity index (χ1v) is 3.99. The topological polar surface area (TPSA) is 47.2 Å². The maximum atomic E-state index is 11.4. The van der Waals surface area contributed by atoms with Crippen molar-refractivity contribution in [2.45, 2.75) is 5.92 Å². The maximum absolute atomic E-state index is 11.4. The molecule has 66 valence electrons. The predicted molar refractivity (Wildman–Crippen MR) is 48.6 cm³/mol. The third kappa shape index (κ3) is 1.42. The highest BCUT2D eigenvalue weighted by Crippen LogP contribution is 2.16. The quantitative estimate of drug-likeness (QED) is 0.629. The number of aryl methyl sites for hydroxylation is 1. The largest absolute Gasteiger partial charge is 0.294 e. The number of ketones is 1. The molecule has 1 aliphatic heterocycles. The fourth-order valence-corrected chi connectivity index (χ4v) is 1.28. The minimum atomic E-state index is -0.251. The molecule has 0 saturated heterocycles. The van der Waals surface area contributed by atoms with Crippen molar-refractivity contribution in [2.75, 3.05) is 0 Å². The lowest BCUT2D eigenvalue weighted by atomic mass is 9.98. The van der Waals surface area contributed by atoms with Gasteiger partial charge in [-0.15, -0.1) is 0 Å². The van der Waals surface area contributed by atoms with Crippen molar-refractivity contribution in [1.82, 2.24) is 9.78 Å². The van der Waals surface area contributed by atoms with Crippen molar-refractivity contribution in [3.63, 3.8) is 0 Å². The minimum absolute atomic E-state index is 0.0583. The van der Waals surface area contributed by atoms with Crippen molar-refractivity contribution in [1.29, 1.82) is 0 Å². The first-order valence-electron chi connectivity index (χ1n) is 3.99. The molecular weight excluding hydrogens is 166 g/mol. The molecule has 0 fully saturated rings. The number of hydrogen-bond acceptors (Lipinski definition) is 3. The van der Waals surface area contributed by atoms with E-state index in [0.29, 0.717) is 0 Å². The van der Waals surface area contributed by atoms with E-state index in [9.17, 15) is 4.79 Å². The van der Waals surface area contributed by atoms with Crippen LogP contribution in [0.5, 0.6) is 0 Å². The minimum Gasteiger partial charge on any atom is -0.294 e. The number of carbonyl (C=O) groups excluding carboxylic acids is 1. The summed E-state index contributed by atoms with van der Waals surface area (Å²) in [7, 11) is 1.82. The van der Waals surface area contributed by atoms with Gasteiger partial charge in [0.2, 0.25) is 0 Å². The summed E-state index contributed by atoms with van der Waals surface area (Å²) in [5.41, 5.74) is 0.889. The second-order valence-electron chi connectivity index (χ2n) is 2.94. The van der Waals surface area contributed by atoms with Gasteiger partial charge in [-0.25, -0.2) is 0 Å².